The Labute approximate surface area is 105 Å². The van der Waals surface area contributed by atoms with Crippen LogP contribution in [0.4, 0.5) is 0 Å². The number of halogens is 2. The van der Waals surface area contributed by atoms with Gasteiger partial charge in [-0.25, -0.2) is 0 Å². The lowest BCUT2D eigenvalue weighted by atomic mass is 10.0. The van der Waals surface area contributed by atoms with Crippen molar-refractivity contribution in [2.75, 3.05) is 13.7 Å². The molecular weight excluding hydrogens is 249 g/mol. The van der Waals surface area contributed by atoms with Gasteiger partial charge in [0.15, 0.2) is 0 Å². The second-order valence-electron chi connectivity index (χ2n) is 3.63. The molecule has 1 aromatic carbocycles. The van der Waals surface area contributed by atoms with E-state index in [2.05, 4.69) is 0 Å². The molecule has 90 valence electrons. The van der Waals surface area contributed by atoms with Gasteiger partial charge in [0.25, 0.3) is 0 Å². The smallest absolute Gasteiger partial charge is 0.0820 e. The lowest BCUT2D eigenvalue weighted by molar-refractivity contribution is 0.122. The third-order valence-electron chi connectivity index (χ3n) is 2.22. The summed E-state index contributed by atoms with van der Waals surface area (Å²) in [5.74, 6) is 0. The summed E-state index contributed by atoms with van der Waals surface area (Å²) in [7, 11) is 1.57. The molecule has 2 atom stereocenters. The summed E-state index contributed by atoms with van der Waals surface area (Å²) in [6, 6.07) is 4.75. The van der Waals surface area contributed by atoms with Crippen molar-refractivity contribution < 1.29 is 9.84 Å². The number of rotatable bonds is 5. The van der Waals surface area contributed by atoms with Crippen molar-refractivity contribution in [3.05, 3.63) is 33.8 Å². The molecule has 0 amide bonds. The van der Waals surface area contributed by atoms with E-state index in [0.717, 1.165) is 0 Å². The first-order valence-electron chi connectivity index (χ1n) is 4.92. The molecule has 5 heteroatoms. The maximum atomic E-state index is 9.94. The number of aliphatic hydroxyl groups excluding tert-OH is 1. The third-order valence-corrected chi connectivity index (χ3v) is 2.80. The predicted octanol–water partition coefficient (Wildman–Crippen LogP) is 2.39. The van der Waals surface area contributed by atoms with E-state index >= 15 is 0 Å². The first-order chi connectivity index (χ1) is 7.54. The molecule has 0 aromatic heterocycles. The van der Waals surface area contributed by atoms with Crippen LogP contribution in [0.3, 0.4) is 0 Å². The highest BCUT2D eigenvalue weighted by Gasteiger charge is 2.15. The van der Waals surface area contributed by atoms with Gasteiger partial charge in [-0.15, -0.1) is 0 Å². The zero-order valence-electron chi connectivity index (χ0n) is 8.99. The summed E-state index contributed by atoms with van der Waals surface area (Å²) in [5, 5.41) is 11.0. The molecule has 2 unspecified atom stereocenters. The van der Waals surface area contributed by atoms with Gasteiger partial charge in [-0.2, -0.15) is 0 Å². The molecule has 0 saturated heterocycles. The monoisotopic (exact) mass is 263 g/mol. The fraction of sp³-hybridized carbons (Fsp3) is 0.455. The van der Waals surface area contributed by atoms with E-state index in [9.17, 15) is 5.11 Å². The SMILES string of the molecule is COCC(N)CC(O)c1cc(Cl)ccc1Cl. The van der Waals surface area contributed by atoms with E-state index in [1.54, 1.807) is 25.3 Å². The van der Waals surface area contributed by atoms with Crippen LogP contribution < -0.4 is 5.73 Å². The van der Waals surface area contributed by atoms with Gasteiger partial charge in [0.05, 0.1) is 12.7 Å². The van der Waals surface area contributed by atoms with E-state index in [1.807, 2.05) is 0 Å². The normalized spacial score (nSPS) is 14.8. The van der Waals surface area contributed by atoms with Crippen LogP contribution in [-0.2, 0) is 4.74 Å². The molecule has 1 rings (SSSR count). The molecule has 0 aliphatic rings. The number of methoxy groups -OCH3 is 1. The fourth-order valence-corrected chi connectivity index (χ4v) is 1.89. The number of nitrogens with two attached hydrogens (primary N) is 1. The van der Waals surface area contributed by atoms with E-state index in [0.29, 0.717) is 28.6 Å². The van der Waals surface area contributed by atoms with Crippen molar-refractivity contribution >= 4 is 23.2 Å². The zero-order chi connectivity index (χ0) is 12.1. The van der Waals surface area contributed by atoms with Gasteiger partial charge in [-0.3, -0.25) is 0 Å². The molecule has 0 fully saturated rings. The van der Waals surface area contributed by atoms with Gasteiger partial charge >= 0.3 is 0 Å². The van der Waals surface area contributed by atoms with Crippen molar-refractivity contribution in [2.24, 2.45) is 5.73 Å². The minimum Gasteiger partial charge on any atom is -0.388 e. The molecule has 0 aliphatic carbocycles. The summed E-state index contributed by atoms with van der Waals surface area (Å²) in [4.78, 5) is 0. The van der Waals surface area contributed by atoms with Crippen LogP contribution in [-0.4, -0.2) is 24.9 Å². The lowest BCUT2D eigenvalue weighted by Gasteiger charge is -2.17. The van der Waals surface area contributed by atoms with Crippen LogP contribution in [0.2, 0.25) is 10.0 Å². The van der Waals surface area contributed by atoms with E-state index in [4.69, 9.17) is 33.7 Å². The number of hydrogen-bond acceptors (Lipinski definition) is 3. The molecule has 3 nitrogen and oxygen atoms in total. The van der Waals surface area contributed by atoms with Gasteiger partial charge in [0.2, 0.25) is 0 Å². The maximum Gasteiger partial charge on any atom is 0.0820 e. The van der Waals surface area contributed by atoms with Crippen molar-refractivity contribution in [1.82, 2.24) is 0 Å². The Bertz CT molecular complexity index is 347. The first kappa shape index (κ1) is 13.7. The van der Waals surface area contributed by atoms with Crippen LogP contribution in [0.5, 0.6) is 0 Å². The van der Waals surface area contributed by atoms with E-state index < -0.39 is 6.10 Å². The summed E-state index contributed by atoms with van der Waals surface area (Å²) < 4.78 is 4.90. The highest BCUT2D eigenvalue weighted by molar-refractivity contribution is 6.33. The Balaban J connectivity index is 2.72. The van der Waals surface area contributed by atoms with Gasteiger partial charge < -0.3 is 15.6 Å². The van der Waals surface area contributed by atoms with Crippen molar-refractivity contribution in [3.63, 3.8) is 0 Å². The summed E-state index contributed by atoms with van der Waals surface area (Å²) in [6.07, 6.45) is -0.343. The van der Waals surface area contributed by atoms with Crippen LogP contribution in [0.15, 0.2) is 18.2 Å². The standard InChI is InChI=1S/C11H15Cl2NO2/c1-16-6-8(14)5-11(15)9-4-7(12)2-3-10(9)13/h2-4,8,11,15H,5-6,14H2,1H3. The molecule has 0 heterocycles. The second kappa shape index (κ2) is 6.42. The van der Waals surface area contributed by atoms with E-state index in [1.165, 1.54) is 0 Å². The topological polar surface area (TPSA) is 55.5 Å². The minimum atomic E-state index is -0.726. The highest BCUT2D eigenvalue weighted by Crippen LogP contribution is 2.28. The molecule has 0 saturated carbocycles. The zero-order valence-corrected chi connectivity index (χ0v) is 10.5. The average molecular weight is 264 g/mol. The first-order valence-corrected chi connectivity index (χ1v) is 5.67. The Kier molecular flexibility index (Phi) is 5.52. The number of benzene rings is 1. The van der Waals surface area contributed by atoms with Crippen LogP contribution in [0, 0.1) is 0 Å². The summed E-state index contributed by atoms with van der Waals surface area (Å²) in [6.45, 7) is 0.398. The quantitative estimate of drug-likeness (QED) is 0.858. The average Bonchev–Trinajstić information content (AvgIpc) is 2.21. The highest BCUT2D eigenvalue weighted by atomic mass is 35.5. The Morgan fingerprint density at radius 2 is 2.12 bits per heavy atom. The summed E-state index contributed by atoms with van der Waals surface area (Å²) >= 11 is 11.8. The van der Waals surface area contributed by atoms with Crippen LogP contribution >= 0.6 is 23.2 Å². The van der Waals surface area contributed by atoms with Gasteiger partial charge in [0.1, 0.15) is 0 Å². The third kappa shape index (κ3) is 3.92. The van der Waals surface area contributed by atoms with Crippen molar-refractivity contribution in [3.8, 4) is 0 Å². The van der Waals surface area contributed by atoms with Gasteiger partial charge in [-0.05, 0) is 24.6 Å². The van der Waals surface area contributed by atoms with Gasteiger partial charge in [-0.1, -0.05) is 23.2 Å². The molecule has 0 spiro atoms. The predicted molar refractivity (Wildman–Crippen MR) is 65.9 cm³/mol. The molecule has 1 aromatic rings. The Morgan fingerprint density at radius 1 is 1.44 bits per heavy atom. The minimum absolute atomic E-state index is 0.227. The Morgan fingerprint density at radius 3 is 2.75 bits per heavy atom. The Hall–Kier alpha value is -0.320. The van der Waals surface area contributed by atoms with Crippen molar-refractivity contribution in [1.29, 1.82) is 0 Å². The van der Waals surface area contributed by atoms with Crippen molar-refractivity contribution in [2.45, 2.75) is 18.6 Å². The van der Waals surface area contributed by atoms with Crippen LogP contribution in [0.25, 0.3) is 0 Å². The molecule has 3 N–H and O–H groups in total. The molecule has 16 heavy (non-hydrogen) atoms. The largest absolute Gasteiger partial charge is 0.388 e. The molecular formula is C11H15Cl2NO2. The maximum absolute atomic E-state index is 9.94. The number of aliphatic hydroxyl groups is 1. The lowest BCUT2D eigenvalue weighted by Crippen LogP contribution is -2.27. The molecule has 0 aliphatic heterocycles. The van der Waals surface area contributed by atoms with E-state index in [-0.39, 0.29) is 6.04 Å². The second-order valence-corrected chi connectivity index (χ2v) is 4.48. The fourth-order valence-electron chi connectivity index (χ4n) is 1.47. The molecule has 0 radical (unpaired) electrons. The van der Waals surface area contributed by atoms with Gasteiger partial charge in [0, 0.05) is 28.8 Å². The number of hydrogen-bond donors (Lipinski definition) is 2. The molecule has 0 bridgehead atoms. The summed E-state index contributed by atoms with van der Waals surface area (Å²) in [5.41, 5.74) is 6.35. The number of ether oxygens (including phenoxy) is 1. The van der Waals surface area contributed by atoms with Crippen LogP contribution in [0.1, 0.15) is 18.1 Å².